The molecule has 124 valence electrons. The first kappa shape index (κ1) is 17.0. The minimum Gasteiger partial charge on any atom is -0.300 e. The topological polar surface area (TPSA) is 90.2 Å². The molecule has 7 nitrogen and oxygen atoms in total. The molecule has 2 rings (SSSR count). The molecule has 0 saturated carbocycles. The number of benzene rings is 1. The van der Waals surface area contributed by atoms with E-state index in [1.54, 1.807) is 19.1 Å². The number of anilines is 1. The molecule has 0 fully saturated rings. The molecule has 1 heterocycles. The van der Waals surface area contributed by atoms with E-state index in [-0.39, 0.29) is 5.69 Å². The van der Waals surface area contributed by atoms with E-state index in [2.05, 4.69) is 4.72 Å². The number of hydrogen-bond donors (Lipinski definition) is 1. The number of aromatic nitrogens is 2. The van der Waals surface area contributed by atoms with Gasteiger partial charge in [0.2, 0.25) is 0 Å². The van der Waals surface area contributed by atoms with Crippen LogP contribution in [0.3, 0.4) is 0 Å². The molecule has 0 aliphatic heterocycles. The third kappa shape index (κ3) is 2.81. The molecule has 0 aliphatic rings. The molecule has 0 saturated heterocycles. The lowest BCUT2D eigenvalue weighted by molar-refractivity contribution is 0.583. The fraction of sp³-hybridized carbons (Fsp3) is 0.333. The van der Waals surface area contributed by atoms with E-state index in [1.807, 2.05) is 13.0 Å². The zero-order chi connectivity index (χ0) is 17.5. The Hall–Kier alpha value is -2.35. The summed E-state index contributed by atoms with van der Waals surface area (Å²) in [5.74, 6) is 0. The van der Waals surface area contributed by atoms with E-state index >= 15 is 0 Å². The van der Waals surface area contributed by atoms with Gasteiger partial charge in [0.1, 0.15) is 0 Å². The van der Waals surface area contributed by atoms with Crippen LogP contribution in [0.1, 0.15) is 16.8 Å². The highest BCUT2D eigenvalue weighted by Gasteiger charge is 2.25. The molecular formula is C15H19N3O4S. The SMILES string of the molecule is Cc1cccc(NS(=O)(=O)c2c(C)n(C)c(=O)n(C)c2=O)c1C. The van der Waals surface area contributed by atoms with Crippen LogP contribution in [0.15, 0.2) is 32.7 Å². The van der Waals surface area contributed by atoms with Crippen LogP contribution in [0.25, 0.3) is 0 Å². The van der Waals surface area contributed by atoms with Crippen LogP contribution in [0.2, 0.25) is 0 Å². The second-order valence-electron chi connectivity index (χ2n) is 5.47. The molecule has 1 aromatic heterocycles. The molecular weight excluding hydrogens is 318 g/mol. The summed E-state index contributed by atoms with van der Waals surface area (Å²) in [5.41, 5.74) is 0.781. The van der Waals surface area contributed by atoms with Gasteiger partial charge in [-0.3, -0.25) is 18.7 Å². The van der Waals surface area contributed by atoms with E-state index in [0.29, 0.717) is 5.69 Å². The number of nitrogens with one attached hydrogen (secondary N) is 1. The second kappa shape index (κ2) is 5.69. The van der Waals surface area contributed by atoms with E-state index in [4.69, 9.17) is 0 Å². The van der Waals surface area contributed by atoms with Crippen LogP contribution in [0.5, 0.6) is 0 Å². The maximum Gasteiger partial charge on any atom is 0.330 e. The number of aryl methyl sites for hydroxylation is 1. The Kier molecular flexibility index (Phi) is 4.21. The van der Waals surface area contributed by atoms with Crippen LogP contribution in [0.4, 0.5) is 5.69 Å². The van der Waals surface area contributed by atoms with Gasteiger partial charge in [0.25, 0.3) is 15.6 Å². The molecule has 0 radical (unpaired) electrons. The quantitative estimate of drug-likeness (QED) is 0.897. The Morgan fingerprint density at radius 1 is 1.00 bits per heavy atom. The highest BCUT2D eigenvalue weighted by atomic mass is 32.2. The largest absolute Gasteiger partial charge is 0.330 e. The van der Waals surface area contributed by atoms with E-state index < -0.39 is 26.2 Å². The molecule has 0 bridgehead atoms. The van der Waals surface area contributed by atoms with Crippen molar-refractivity contribution in [3.8, 4) is 0 Å². The van der Waals surface area contributed by atoms with Crippen molar-refractivity contribution in [2.24, 2.45) is 14.1 Å². The average Bonchev–Trinajstić information content (AvgIpc) is 2.47. The van der Waals surface area contributed by atoms with Gasteiger partial charge in [0.15, 0.2) is 4.90 Å². The molecule has 23 heavy (non-hydrogen) atoms. The van der Waals surface area contributed by atoms with Gasteiger partial charge in [0.05, 0.1) is 5.69 Å². The molecule has 8 heteroatoms. The number of sulfonamides is 1. The van der Waals surface area contributed by atoms with Gasteiger partial charge < -0.3 is 0 Å². The van der Waals surface area contributed by atoms with E-state index in [9.17, 15) is 18.0 Å². The Morgan fingerprint density at radius 2 is 1.61 bits per heavy atom. The zero-order valence-electron chi connectivity index (χ0n) is 13.7. The normalized spacial score (nSPS) is 11.5. The summed E-state index contributed by atoms with van der Waals surface area (Å²) in [5, 5.41) is 0. The summed E-state index contributed by atoms with van der Waals surface area (Å²) in [4.78, 5) is 23.7. The maximum atomic E-state index is 12.7. The molecule has 0 spiro atoms. The van der Waals surface area contributed by atoms with Gasteiger partial charge in [-0.15, -0.1) is 0 Å². The van der Waals surface area contributed by atoms with Gasteiger partial charge in [-0.2, -0.15) is 0 Å². The summed E-state index contributed by atoms with van der Waals surface area (Å²) in [7, 11) is -1.44. The minimum absolute atomic E-state index is 0.0934. The smallest absolute Gasteiger partial charge is 0.300 e. The van der Waals surface area contributed by atoms with Crippen molar-refractivity contribution in [2.75, 3.05) is 4.72 Å². The first-order valence-corrected chi connectivity index (χ1v) is 8.42. The number of nitrogens with zero attached hydrogens (tertiary/aromatic N) is 2. The Balaban J connectivity index is 2.69. The van der Waals surface area contributed by atoms with Crippen LogP contribution < -0.4 is 16.0 Å². The standard InChI is InChI=1S/C15H19N3O4S/c1-9-7-6-8-12(10(9)2)16-23(21,22)13-11(3)17(4)15(20)18(5)14(13)19/h6-8,16H,1-5H3. The second-order valence-corrected chi connectivity index (χ2v) is 7.09. The summed E-state index contributed by atoms with van der Waals surface area (Å²) in [6, 6.07) is 5.22. The van der Waals surface area contributed by atoms with Crippen molar-refractivity contribution in [3.05, 3.63) is 55.9 Å². The monoisotopic (exact) mass is 337 g/mol. The lowest BCUT2D eigenvalue weighted by Gasteiger charge is -2.15. The summed E-state index contributed by atoms with van der Waals surface area (Å²) >= 11 is 0. The summed E-state index contributed by atoms with van der Waals surface area (Å²) < 4.78 is 29.7. The van der Waals surface area contributed by atoms with Gasteiger partial charge in [-0.1, -0.05) is 12.1 Å². The Bertz CT molecular complexity index is 1000. The lowest BCUT2D eigenvalue weighted by atomic mass is 10.1. The van der Waals surface area contributed by atoms with Crippen LogP contribution in [-0.4, -0.2) is 17.6 Å². The third-order valence-corrected chi connectivity index (χ3v) is 5.52. The highest BCUT2D eigenvalue weighted by molar-refractivity contribution is 7.92. The molecule has 0 aliphatic carbocycles. The number of hydrogen-bond acceptors (Lipinski definition) is 4. The molecule has 1 N–H and O–H groups in total. The number of rotatable bonds is 3. The molecule has 0 unspecified atom stereocenters. The van der Waals surface area contributed by atoms with Crippen LogP contribution >= 0.6 is 0 Å². The molecule has 0 atom stereocenters. The summed E-state index contributed by atoms with van der Waals surface area (Å²) in [6.45, 7) is 5.09. The fourth-order valence-corrected chi connectivity index (χ4v) is 3.79. The first-order chi connectivity index (χ1) is 10.6. The van der Waals surface area contributed by atoms with Crippen LogP contribution in [-0.2, 0) is 24.1 Å². The fourth-order valence-electron chi connectivity index (χ4n) is 2.28. The van der Waals surface area contributed by atoms with Gasteiger partial charge in [0, 0.05) is 19.8 Å². The molecule has 1 aromatic carbocycles. The predicted molar refractivity (Wildman–Crippen MR) is 88.4 cm³/mol. The van der Waals surface area contributed by atoms with Crippen molar-refractivity contribution >= 4 is 15.7 Å². The molecule has 0 amide bonds. The third-order valence-electron chi connectivity index (χ3n) is 4.02. The average molecular weight is 337 g/mol. The van der Waals surface area contributed by atoms with Crippen molar-refractivity contribution < 1.29 is 8.42 Å². The minimum atomic E-state index is -4.12. The zero-order valence-corrected chi connectivity index (χ0v) is 14.5. The lowest BCUT2D eigenvalue weighted by Crippen LogP contribution is -2.42. The van der Waals surface area contributed by atoms with Gasteiger partial charge in [-0.25, -0.2) is 13.2 Å². The van der Waals surface area contributed by atoms with Crippen LogP contribution in [0, 0.1) is 20.8 Å². The van der Waals surface area contributed by atoms with E-state index in [0.717, 1.165) is 20.3 Å². The highest BCUT2D eigenvalue weighted by Crippen LogP contribution is 2.21. The maximum absolute atomic E-state index is 12.7. The summed E-state index contributed by atoms with van der Waals surface area (Å²) in [6.07, 6.45) is 0. The first-order valence-electron chi connectivity index (χ1n) is 6.93. The Morgan fingerprint density at radius 3 is 2.22 bits per heavy atom. The Labute approximate surface area is 134 Å². The molecule has 2 aromatic rings. The van der Waals surface area contributed by atoms with Crippen molar-refractivity contribution in [3.63, 3.8) is 0 Å². The van der Waals surface area contributed by atoms with Gasteiger partial charge in [-0.05, 0) is 38.0 Å². The van der Waals surface area contributed by atoms with Gasteiger partial charge >= 0.3 is 5.69 Å². The van der Waals surface area contributed by atoms with Crippen molar-refractivity contribution in [1.82, 2.24) is 9.13 Å². The van der Waals surface area contributed by atoms with E-state index in [1.165, 1.54) is 21.0 Å². The predicted octanol–water partition coefficient (Wildman–Crippen LogP) is 0.810. The van der Waals surface area contributed by atoms with Crippen molar-refractivity contribution in [1.29, 1.82) is 0 Å². The van der Waals surface area contributed by atoms with Crippen molar-refractivity contribution in [2.45, 2.75) is 25.7 Å².